The van der Waals surface area contributed by atoms with Crippen molar-refractivity contribution in [2.75, 3.05) is 13.1 Å². The Kier molecular flexibility index (Phi) is 4.73. The lowest BCUT2D eigenvalue weighted by atomic mass is 9.90. The number of cyclic esters (lactones) is 1. The molecule has 0 saturated heterocycles. The van der Waals surface area contributed by atoms with Gasteiger partial charge < -0.3 is 14.7 Å². The molecule has 1 aromatic rings. The highest BCUT2D eigenvalue weighted by molar-refractivity contribution is 5.93. The lowest BCUT2D eigenvalue weighted by Gasteiger charge is -2.23. The fourth-order valence-corrected chi connectivity index (χ4v) is 2.26. The molecule has 2 rings (SSSR count). The van der Waals surface area contributed by atoms with Crippen molar-refractivity contribution in [3.8, 4) is 0 Å². The number of ether oxygens (including phenoxy) is 1. The third-order valence-corrected chi connectivity index (χ3v) is 3.86. The number of hydrogen-bond acceptors (Lipinski definition) is 4. The van der Waals surface area contributed by atoms with Gasteiger partial charge in [-0.05, 0) is 18.1 Å². The van der Waals surface area contributed by atoms with Gasteiger partial charge in [-0.2, -0.15) is 0 Å². The molecule has 0 atom stereocenters. The van der Waals surface area contributed by atoms with Gasteiger partial charge in [0, 0.05) is 17.5 Å². The molecule has 23 heavy (non-hydrogen) atoms. The van der Waals surface area contributed by atoms with E-state index in [9.17, 15) is 19.5 Å². The van der Waals surface area contributed by atoms with Gasteiger partial charge in [-0.3, -0.25) is 4.79 Å². The standard InChI is InChI=1S/C17H21NO5/c1-17(2,3)14(19)9-18(16(21)22)7-6-11-4-5-13-12(8-11)10-23-15(13)20/h4-5,8H,6-7,9-10H2,1-3H3,(H,21,22). The van der Waals surface area contributed by atoms with Gasteiger partial charge in [0.15, 0.2) is 5.78 Å². The van der Waals surface area contributed by atoms with Crippen molar-refractivity contribution in [3.63, 3.8) is 0 Å². The molecule has 0 aromatic heterocycles. The predicted octanol–water partition coefficient (Wildman–Crippen LogP) is 2.49. The largest absolute Gasteiger partial charge is 0.465 e. The number of amides is 1. The third-order valence-electron chi connectivity index (χ3n) is 3.86. The average molecular weight is 319 g/mol. The molecule has 6 nitrogen and oxygen atoms in total. The lowest BCUT2D eigenvalue weighted by Crippen LogP contribution is -2.40. The molecule has 0 radical (unpaired) electrons. The van der Waals surface area contributed by atoms with E-state index in [1.165, 1.54) is 0 Å². The van der Waals surface area contributed by atoms with E-state index in [0.717, 1.165) is 16.0 Å². The predicted molar refractivity (Wildman–Crippen MR) is 83.3 cm³/mol. The normalized spacial score (nSPS) is 13.4. The molecule has 1 heterocycles. The summed E-state index contributed by atoms with van der Waals surface area (Å²) in [5, 5.41) is 9.26. The highest BCUT2D eigenvalue weighted by atomic mass is 16.5. The van der Waals surface area contributed by atoms with Crippen LogP contribution in [0.25, 0.3) is 0 Å². The second kappa shape index (κ2) is 6.40. The number of ketones is 1. The maximum Gasteiger partial charge on any atom is 0.407 e. The van der Waals surface area contributed by atoms with Gasteiger partial charge in [0.1, 0.15) is 6.61 Å². The summed E-state index contributed by atoms with van der Waals surface area (Å²) in [6.45, 7) is 5.68. The Morgan fingerprint density at radius 2 is 2.00 bits per heavy atom. The zero-order valence-electron chi connectivity index (χ0n) is 13.6. The SMILES string of the molecule is CC(C)(C)C(=O)CN(CCc1ccc2c(c1)COC2=O)C(=O)O. The smallest absolute Gasteiger partial charge is 0.407 e. The highest BCUT2D eigenvalue weighted by Crippen LogP contribution is 2.21. The summed E-state index contributed by atoms with van der Waals surface area (Å²) in [6.07, 6.45) is -0.632. The first-order valence-electron chi connectivity index (χ1n) is 7.48. The fourth-order valence-electron chi connectivity index (χ4n) is 2.26. The molecule has 1 N–H and O–H groups in total. The van der Waals surface area contributed by atoms with Crippen LogP contribution in [-0.2, 0) is 22.6 Å². The average Bonchev–Trinajstić information content (AvgIpc) is 2.82. The topological polar surface area (TPSA) is 83.9 Å². The molecular weight excluding hydrogens is 298 g/mol. The van der Waals surface area contributed by atoms with Crippen molar-refractivity contribution in [1.29, 1.82) is 0 Å². The van der Waals surface area contributed by atoms with Gasteiger partial charge in [0.25, 0.3) is 0 Å². The van der Waals surface area contributed by atoms with Gasteiger partial charge in [0.05, 0.1) is 12.1 Å². The van der Waals surface area contributed by atoms with Crippen molar-refractivity contribution in [2.45, 2.75) is 33.8 Å². The summed E-state index contributed by atoms with van der Waals surface area (Å²) in [7, 11) is 0. The summed E-state index contributed by atoms with van der Waals surface area (Å²) >= 11 is 0. The number of nitrogens with zero attached hydrogens (tertiary/aromatic N) is 1. The molecule has 0 spiro atoms. The van der Waals surface area contributed by atoms with Crippen LogP contribution >= 0.6 is 0 Å². The van der Waals surface area contributed by atoms with E-state index in [-0.39, 0.29) is 31.4 Å². The van der Waals surface area contributed by atoms with E-state index in [0.29, 0.717) is 12.0 Å². The Morgan fingerprint density at radius 1 is 1.30 bits per heavy atom. The van der Waals surface area contributed by atoms with Gasteiger partial charge in [0.2, 0.25) is 0 Å². The highest BCUT2D eigenvalue weighted by Gasteiger charge is 2.26. The van der Waals surface area contributed by atoms with Crippen molar-refractivity contribution >= 4 is 17.8 Å². The summed E-state index contributed by atoms with van der Waals surface area (Å²) in [6, 6.07) is 5.34. The van der Waals surface area contributed by atoms with Crippen LogP contribution in [0.15, 0.2) is 18.2 Å². The van der Waals surface area contributed by atoms with Gasteiger partial charge in [-0.1, -0.05) is 32.9 Å². The molecule has 0 fully saturated rings. The van der Waals surface area contributed by atoms with Crippen molar-refractivity contribution in [1.82, 2.24) is 4.90 Å². The first-order chi connectivity index (χ1) is 10.7. The molecule has 1 amide bonds. The minimum atomic E-state index is -1.11. The zero-order chi connectivity index (χ0) is 17.2. The monoisotopic (exact) mass is 319 g/mol. The number of benzene rings is 1. The molecule has 1 aromatic carbocycles. The number of carbonyl (C=O) groups excluding carboxylic acids is 2. The third kappa shape index (κ3) is 4.09. The number of carbonyl (C=O) groups is 3. The Balaban J connectivity index is 2.01. The van der Waals surface area contributed by atoms with Crippen molar-refractivity contribution in [3.05, 3.63) is 34.9 Å². The summed E-state index contributed by atoms with van der Waals surface area (Å²) in [5.74, 6) is -0.442. The van der Waals surface area contributed by atoms with Crippen molar-refractivity contribution in [2.24, 2.45) is 5.41 Å². The maximum atomic E-state index is 12.0. The Morgan fingerprint density at radius 3 is 2.61 bits per heavy atom. The van der Waals surface area contributed by atoms with Gasteiger partial charge in [-0.25, -0.2) is 9.59 Å². The summed E-state index contributed by atoms with van der Waals surface area (Å²) < 4.78 is 4.94. The number of hydrogen-bond donors (Lipinski definition) is 1. The van der Waals surface area contributed by atoms with Crippen LogP contribution in [0.2, 0.25) is 0 Å². The molecule has 0 bridgehead atoms. The zero-order valence-corrected chi connectivity index (χ0v) is 13.6. The van der Waals surface area contributed by atoms with E-state index in [4.69, 9.17) is 4.74 Å². The Bertz CT molecular complexity index is 645. The van der Waals surface area contributed by atoms with Crippen LogP contribution in [-0.4, -0.2) is 40.9 Å². The summed E-state index contributed by atoms with van der Waals surface area (Å²) in [4.78, 5) is 35.9. The molecular formula is C17H21NO5. The molecule has 1 aliphatic rings. The van der Waals surface area contributed by atoms with E-state index in [2.05, 4.69) is 0 Å². The quantitative estimate of drug-likeness (QED) is 0.843. The molecule has 6 heteroatoms. The second-order valence-corrected chi connectivity index (χ2v) is 6.69. The number of rotatable bonds is 5. The first-order valence-corrected chi connectivity index (χ1v) is 7.48. The van der Waals surface area contributed by atoms with E-state index in [1.54, 1.807) is 32.9 Å². The lowest BCUT2D eigenvalue weighted by molar-refractivity contribution is -0.127. The number of esters is 1. The van der Waals surface area contributed by atoms with Crippen LogP contribution in [0, 0.1) is 5.41 Å². The fraction of sp³-hybridized carbons (Fsp3) is 0.471. The minimum Gasteiger partial charge on any atom is -0.465 e. The van der Waals surface area contributed by atoms with Crippen LogP contribution in [0.3, 0.4) is 0 Å². The van der Waals surface area contributed by atoms with Crippen molar-refractivity contribution < 1.29 is 24.2 Å². The Hall–Kier alpha value is -2.37. The molecule has 1 aliphatic heterocycles. The van der Waals surface area contributed by atoms with Crippen LogP contribution in [0.5, 0.6) is 0 Å². The van der Waals surface area contributed by atoms with E-state index in [1.807, 2.05) is 6.07 Å². The second-order valence-electron chi connectivity index (χ2n) is 6.69. The first kappa shape index (κ1) is 17.0. The Labute approximate surface area is 135 Å². The molecule has 124 valence electrons. The number of fused-ring (bicyclic) bond motifs is 1. The number of Topliss-reactive ketones (excluding diaryl/α,β-unsaturated/α-hetero) is 1. The van der Waals surface area contributed by atoms with Crippen LogP contribution in [0.1, 0.15) is 42.3 Å². The summed E-state index contributed by atoms with van der Waals surface area (Å²) in [5.41, 5.74) is 1.72. The minimum absolute atomic E-state index is 0.118. The molecule has 0 unspecified atom stereocenters. The molecule has 0 saturated carbocycles. The van der Waals surface area contributed by atoms with Gasteiger partial charge >= 0.3 is 12.1 Å². The van der Waals surface area contributed by atoms with E-state index >= 15 is 0 Å². The van der Waals surface area contributed by atoms with Crippen LogP contribution < -0.4 is 0 Å². The van der Waals surface area contributed by atoms with Crippen LogP contribution in [0.4, 0.5) is 4.79 Å². The molecule has 0 aliphatic carbocycles. The van der Waals surface area contributed by atoms with Gasteiger partial charge in [-0.15, -0.1) is 0 Å². The number of carboxylic acid groups (broad SMARTS) is 1. The maximum absolute atomic E-state index is 12.0. The van der Waals surface area contributed by atoms with E-state index < -0.39 is 11.5 Å².